The molecule has 1 saturated heterocycles. The minimum absolute atomic E-state index is 0.0116. The van der Waals surface area contributed by atoms with Crippen LogP contribution in [0.4, 0.5) is 5.69 Å². The van der Waals surface area contributed by atoms with Crippen LogP contribution in [0.2, 0.25) is 0 Å². The first-order valence-electron chi connectivity index (χ1n) is 13.2. The molecule has 2 aromatic carbocycles. The van der Waals surface area contributed by atoms with E-state index in [0.29, 0.717) is 11.3 Å². The van der Waals surface area contributed by atoms with E-state index in [1.165, 1.54) is 24.0 Å². The predicted molar refractivity (Wildman–Crippen MR) is 146 cm³/mol. The Balaban J connectivity index is 1.54. The lowest BCUT2D eigenvalue weighted by Gasteiger charge is -2.42. The van der Waals surface area contributed by atoms with Gasteiger partial charge in [0, 0.05) is 37.6 Å². The van der Waals surface area contributed by atoms with Crippen LogP contribution in [0.15, 0.2) is 54.6 Å². The second-order valence-electron chi connectivity index (χ2n) is 9.41. The fraction of sp³-hybridized carbons (Fsp3) is 0.429. The molecule has 2 unspecified atom stereocenters. The average Bonchev–Trinajstić information content (AvgIpc) is 2.97. The minimum atomic E-state index is -1.45. The highest BCUT2D eigenvalue weighted by atomic mass is 16.7. The number of nitrogens with zero attached hydrogens (tertiary/aromatic N) is 1. The maximum atomic E-state index is 12.6. The number of hydrogen-bond donors (Lipinski definition) is 6. The van der Waals surface area contributed by atoms with Crippen molar-refractivity contribution in [3.8, 4) is 5.75 Å². The van der Waals surface area contributed by atoms with E-state index in [1.807, 2.05) is 0 Å². The van der Waals surface area contributed by atoms with Gasteiger partial charge in [-0.05, 0) is 36.4 Å². The van der Waals surface area contributed by atoms with Crippen LogP contribution in [0.5, 0.6) is 5.75 Å². The molecule has 13 heteroatoms. The molecule has 0 radical (unpaired) electrons. The van der Waals surface area contributed by atoms with Gasteiger partial charge in [0.25, 0.3) is 5.91 Å². The lowest BCUT2D eigenvalue weighted by molar-refractivity contribution is -0.244. The molecule has 0 aliphatic carbocycles. The molecule has 3 rings (SSSR count). The summed E-state index contributed by atoms with van der Waals surface area (Å²) in [5.74, 6) is -1.09. The second-order valence-corrected chi connectivity index (χ2v) is 9.41. The molecule has 6 N–H and O–H groups in total. The van der Waals surface area contributed by atoms with Crippen LogP contribution in [0.1, 0.15) is 37.0 Å². The van der Waals surface area contributed by atoms with Crippen LogP contribution in [-0.2, 0) is 19.1 Å². The zero-order valence-electron chi connectivity index (χ0n) is 22.9. The number of carbonyl (C=O) groups is 4. The van der Waals surface area contributed by atoms with E-state index in [9.17, 15) is 34.5 Å². The molecular weight excluding hydrogens is 536 g/mol. The van der Waals surface area contributed by atoms with Gasteiger partial charge in [0.05, 0.1) is 13.3 Å². The van der Waals surface area contributed by atoms with Gasteiger partial charge in [0.1, 0.15) is 30.1 Å². The second kappa shape index (κ2) is 15.1. The summed E-state index contributed by atoms with van der Waals surface area (Å²) in [6.45, 7) is 2.42. The number of aliphatic hydroxyl groups is 3. The summed E-state index contributed by atoms with van der Waals surface area (Å²) in [4.78, 5) is 50.2. The Hall–Kier alpha value is -4.04. The smallest absolute Gasteiger partial charge is 0.252 e. The van der Waals surface area contributed by atoms with Crippen LogP contribution in [0.3, 0.4) is 0 Å². The number of benzene rings is 2. The van der Waals surface area contributed by atoms with Crippen LogP contribution in [0, 0.1) is 0 Å². The van der Waals surface area contributed by atoms with Gasteiger partial charge < -0.3 is 45.6 Å². The molecular formula is C28H36N4O9. The third-order valence-electron chi connectivity index (χ3n) is 6.37. The highest BCUT2D eigenvalue weighted by Gasteiger charge is 2.46. The molecule has 5 atom stereocenters. The fourth-order valence-corrected chi connectivity index (χ4v) is 4.16. The Morgan fingerprint density at radius 1 is 1.00 bits per heavy atom. The van der Waals surface area contributed by atoms with Crippen molar-refractivity contribution in [2.45, 2.75) is 57.3 Å². The van der Waals surface area contributed by atoms with E-state index in [4.69, 9.17) is 9.47 Å². The standard InChI is InChI=1S/C28H36N4O9/c1-3-23(36)32(16-29-27(39)18-7-5-4-6-8-18)14-13-22(35)31-19-9-11-20(12-10-19)40-28-24(30-17(2)34)26(38)25(37)21(15-33)41-28/h4-12,21,24-26,28,33,37-38H,3,13-16H2,1-2H3,(H,29,39)(H,30,34)(H,31,35)/t21?,24?,25-,26+,28+/m0/s1. The highest BCUT2D eigenvalue weighted by molar-refractivity contribution is 5.94. The van der Waals surface area contributed by atoms with Gasteiger partial charge in [-0.3, -0.25) is 19.2 Å². The summed E-state index contributed by atoms with van der Waals surface area (Å²) in [5, 5.41) is 37.9. The quantitative estimate of drug-likeness (QED) is 0.190. The molecule has 4 amide bonds. The number of aliphatic hydroxyl groups excluding tert-OH is 3. The van der Waals surface area contributed by atoms with Crippen molar-refractivity contribution in [3.05, 3.63) is 60.2 Å². The normalized spacial score (nSPS) is 21.8. The van der Waals surface area contributed by atoms with Crippen LogP contribution >= 0.6 is 0 Å². The van der Waals surface area contributed by atoms with E-state index in [2.05, 4.69) is 16.0 Å². The maximum absolute atomic E-state index is 12.6. The largest absolute Gasteiger partial charge is 0.463 e. The van der Waals surface area contributed by atoms with Crippen LogP contribution in [0.25, 0.3) is 0 Å². The summed E-state index contributed by atoms with van der Waals surface area (Å²) in [6, 6.07) is 13.7. The molecule has 41 heavy (non-hydrogen) atoms. The van der Waals surface area contributed by atoms with E-state index >= 15 is 0 Å². The summed E-state index contributed by atoms with van der Waals surface area (Å²) >= 11 is 0. The summed E-state index contributed by atoms with van der Waals surface area (Å²) in [7, 11) is 0. The van der Waals surface area contributed by atoms with Crippen molar-refractivity contribution < 1.29 is 44.0 Å². The predicted octanol–water partition coefficient (Wildman–Crippen LogP) is -0.0362. The first-order chi connectivity index (χ1) is 19.6. The van der Waals surface area contributed by atoms with E-state index < -0.39 is 43.2 Å². The van der Waals surface area contributed by atoms with Crippen molar-refractivity contribution in [1.29, 1.82) is 0 Å². The molecule has 0 spiro atoms. The van der Waals surface area contributed by atoms with Gasteiger partial charge in [0.15, 0.2) is 0 Å². The number of anilines is 1. The lowest BCUT2D eigenvalue weighted by atomic mass is 9.97. The van der Waals surface area contributed by atoms with Crippen LogP contribution in [-0.4, -0.2) is 94.3 Å². The minimum Gasteiger partial charge on any atom is -0.463 e. The Bertz CT molecular complexity index is 1180. The highest BCUT2D eigenvalue weighted by Crippen LogP contribution is 2.25. The SMILES string of the molecule is CCC(=O)N(CCC(=O)Nc1ccc(O[C@@H]2OC(CO)[C@H](O)[C@H](O)C2NC(C)=O)cc1)CNC(=O)c1ccccc1. The number of ether oxygens (including phenoxy) is 2. The van der Waals surface area contributed by atoms with E-state index in [0.717, 1.165) is 0 Å². The van der Waals surface area contributed by atoms with Crippen molar-refractivity contribution in [3.63, 3.8) is 0 Å². The third-order valence-corrected chi connectivity index (χ3v) is 6.37. The Kier molecular flexibility index (Phi) is 11.6. The average molecular weight is 573 g/mol. The van der Waals surface area contributed by atoms with E-state index in [-0.39, 0.29) is 49.5 Å². The van der Waals surface area contributed by atoms with Crippen LogP contribution < -0.4 is 20.7 Å². The van der Waals surface area contributed by atoms with Gasteiger partial charge in [-0.15, -0.1) is 0 Å². The zero-order chi connectivity index (χ0) is 29.9. The topological polar surface area (TPSA) is 187 Å². The first kappa shape index (κ1) is 31.5. The maximum Gasteiger partial charge on any atom is 0.252 e. The molecule has 0 aromatic heterocycles. The van der Waals surface area contributed by atoms with Crippen molar-refractivity contribution >= 4 is 29.3 Å². The number of amides is 4. The first-order valence-corrected chi connectivity index (χ1v) is 13.2. The summed E-state index contributed by atoms with van der Waals surface area (Å²) < 4.78 is 11.3. The van der Waals surface area contributed by atoms with Gasteiger partial charge in [-0.2, -0.15) is 0 Å². The molecule has 222 valence electrons. The molecule has 1 heterocycles. The van der Waals surface area contributed by atoms with Crippen molar-refractivity contribution in [2.75, 3.05) is 25.1 Å². The van der Waals surface area contributed by atoms with Crippen molar-refractivity contribution in [1.82, 2.24) is 15.5 Å². The lowest BCUT2D eigenvalue weighted by Crippen LogP contribution is -2.65. The number of rotatable bonds is 12. The molecule has 1 fully saturated rings. The van der Waals surface area contributed by atoms with Gasteiger partial charge in [0.2, 0.25) is 24.0 Å². The van der Waals surface area contributed by atoms with Crippen molar-refractivity contribution in [2.24, 2.45) is 0 Å². The number of carbonyl (C=O) groups excluding carboxylic acids is 4. The molecule has 0 bridgehead atoms. The molecule has 1 aliphatic heterocycles. The Labute approximate surface area is 237 Å². The van der Waals surface area contributed by atoms with Gasteiger partial charge in [-0.1, -0.05) is 25.1 Å². The Morgan fingerprint density at radius 2 is 1.68 bits per heavy atom. The fourth-order valence-electron chi connectivity index (χ4n) is 4.16. The summed E-state index contributed by atoms with van der Waals surface area (Å²) in [6.07, 6.45) is -5.00. The molecule has 1 aliphatic rings. The molecule has 13 nitrogen and oxygen atoms in total. The monoisotopic (exact) mass is 572 g/mol. The molecule has 2 aromatic rings. The number of nitrogens with one attached hydrogen (secondary N) is 3. The van der Waals surface area contributed by atoms with Gasteiger partial charge in [-0.25, -0.2) is 0 Å². The Morgan fingerprint density at radius 3 is 2.29 bits per heavy atom. The van der Waals surface area contributed by atoms with E-state index in [1.54, 1.807) is 49.4 Å². The third kappa shape index (κ3) is 8.98. The zero-order valence-corrected chi connectivity index (χ0v) is 22.9. The summed E-state index contributed by atoms with van der Waals surface area (Å²) in [5.41, 5.74) is 0.906. The number of hydrogen-bond acceptors (Lipinski definition) is 9. The molecule has 0 saturated carbocycles. The van der Waals surface area contributed by atoms with Gasteiger partial charge >= 0.3 is 0 Å².